The van der Waals surface area contributed by atoms with Gasteiger partial charge in [-0.2, -0.15) is 0 Å². The van der Waals surface area contributed by atoms with Crippen LogP contribution in [0.25, 0.3) is 0 Å². The van der Waals surface area contributed by atoms with Crippen molar-refractivity contribution in [2.45, 2.75) is 26.3 Å². The number of rotatable bonds is 7. The summed E-state index contributed by atoms with van der Waals surface area (Å²) in [6, 6.07) is 13.2. The number of nitrogens with one attached hydrogen (secondary N) is 1. The Kier molecular flexibility index (Phi) is 5.78. The number of carbonyl (C=O) groups is 3. The lowest BCUT2D eigenvalue weighted by atomic mass is 10.1. The van der Waals surface area contributed by atoms with Crippen molar-refractivity contribution in [1.29, 1.82) is 0 Å². The Hall–Kier alpha value is -3.15. The topological polar surface area (TPSA) is 69.7 Å². The van der Waals surface area contributed by atoms with Gasteiger partial charge in [-0.1, -0.05) is 23.8 Å². The molecule has 3 rings (SSSR count). The summed E-state index contributed by atoms with van der Waals surface area (Å²) in [5.41, 5.74) is 3.97. The SMILES string of the molecule is Cc1ccc2c(c1)C(=O)N(CCCC(=O)NCc1ccc(N(C)C)cc1)C2=O. The standard InChI is InChI=1S/C22H25N3O3/c1-15-6-11-18-19(13-15)22(28)25(21(18)27)12-4-5-20(26)23-14-16-7-9-17(10-8-16)24(2)3/h6-11,13H,4-5,12,14H2,1-3H3,(H,23,26). The van der Waals surface area contributed by atoms with E-state index in [1.807, 2.05) is 56.3 Å². The van der Waals surface area contributed by atoms with Crippen LogP contribution in [0.4, 0.5) is 5.69 Å². The molecule has 0 spiro atoms. The molecule has 0 aromatic heterocycles. The zero-order chi connectivity index (χ0) is 20.3. The zero-order valence-corrected chi connectivity index (χ0v) is 16.5. The maximum absolute atomic E-state index is 12.4. The molecule has 0 aliphatic carbocycles. The molecule has 1 aliphatic heterocycles. The van der Waals surface area contributed by atoms with Crippen LogP contribution in [0.3, 0.4) is 0 Å². The van der Waals surface area contributed by atoms with E-state index in [9.17, 15) is 14.4 Å². The van der Waals surface area contributed by atoms with Gasteiger partial charge in [0.2, 0.25) is 5.91 Å². The third-order valence-corrected chi connectivity index (χ3v) is 4.85. The molecule has 28 heavy (non-hydrogen) atoms. The lowest BCUT2D eigenvalue weighted by molar-refractivity contribution is -0.121. The van der Waals surface area contributed by atoms with Gasteiger partial charge in [0.15, 0.2) is 0 Å². The van der Waals surface area contributed by atoms with E-state index in [0.29, 0.717) is 24.1 Å². The predicted octanol–water partition coefficient (Wildman–Crippen LogP) is 2.75. The first kappa shape index (κ1) is 19.6. The Morgan fingerprint density at radius 3 is 2.36 bits per heavy atom. The smallest absolute Gasteiger partial charge is 0.261 e. The van der Waals surface area contributed by atoms with E-state index < -0.39 is 0 Å². The monoisotopic (exact) mass is 379 g/mol. The van der Waals surface area contributed by atoms with Crippen molar-refractivity contribution in [3.05, 3.63) is 64.7 Å². The molecule has 1 N–H and O–H groups in total. The van der Waals surface area contributed by atoms with Crippen molar-refractivity contribution in [2.75, 3.05) is 25.5 Å². The minimum atomic E-state index is -0.276. The first-order valence-electron chi connectivity index (χ1n) is 9.36. The number of carbonyl (C=O) groups excluding carboxylic acids is 3. The molecule has 0 saturated carbocycles. The molecule has 6 nitrogen and oxygen atoms in total. The average Bonchev–Trinajstić information content (AvgIpc) is 2.91. The van der Waals surface area contributed by atoms with Crippen LogP contribution in [0.2, 0.25) is 0 Å². The van der Waals surface area contributed by atoms with E-state index in [2.05, 4.69) is 5.32 Å². The number of nitrogens with zero attached hydrogens (tertiary/aromatic N) is 2. The summed E-state index contributed by atoms with van der Waals surface area (Å²) >= 11 is 0. The second-order valence-electron chi connectivity index (χ2n) is 7.25. The van der Waals surface area contributed by atoms with Crippen LogP contribution in [-0.4, -0.2) is 43.3 Å². The number of hydrogen-bond acceptors (Lipinski definition) is 4. The van der Waals surface area contributed by atoms with Crippen LogP contribution < -0.4 is 10.2 Å². The maximum Gasteiger partial charge on any atom is 0.261 e. The van der Waals surface area contributed by atoms with E-state index in [4.69, 9.17) is 0 Å². The highest BCUT2D eigenvalue weighted by Gasteiger charge is 2.34. The third kappa shape index (κ3) is 4.22. The van der Waals surface area contributed by atoms with Gasteiger partial charge < -0.3 is 10.2 Å². The molecule has 0 fully saturated rings. The maximum atomic E-state index is 12.4. The number of anilines is 1. The van der Waals surface area contributed by atoms with Crippen molar-refractivity contribution < 1.29 is 14.4 Å². The van der Waals surface area contributed by atoms with Crippen LogP contribution in [0.1, 0.15) is 44.7 Å². The average molecular weight is 379 g/mol. The van der Waals surface area contributed by atoms with Gasteiger partial charge >= 0.3 is 0 Å². The Labute approximate surface area is 165 Å². The van der Waals surface area contributed by atoms with Gasteiger partial charge in [0.25, 0.3) is 11.8 Å². The van der Waals surface area contributed by atoms with E-state index in [0.717, 1.165) is 16.8 Å². The van der Waals surface area contributed by atoms with Crippen molar-refractivity contribution in [1.82, 2.24) is 10.2 Å². The summed E-state index contributed by atoms with van der Waals surface area (Å²) in [6.45, 7) is 2.59. The predicted molar refractivity (Wildman–Crippen MR) is 108 cm³/mol. The largest absolute Gasteiger partial charge is 0.378 e. The highest BCUT2D eigenvalue weighted by Crippen LogP contribution is 2.24. The fraction of sp³-hybridized carbons (Fsp3) is 0.318. The summed E-state index contributed by atoms with van der Waals surface area (Å²) < 4.78 is 0. The lowest BCUT2D eigenvalue weighted by Gasteiger charge is -2.14. The molecular formula is C22H25N3O3. The molecule has 1 heterocycles. The minimum absolute atomic E-state index is 0.0934. The van der Waals surface area contributed by atoms with Crippen molar-refractivity contribution in [3.63, 3.8) is 0 Å². The van der Waals surface area contributed by atoms with Gasteiger partial charge in [0, 0.05) is 39.3 Å². The molecule has 6 heteroatoms. The van der Waals surface area contributed by atoms with Crippen LogP contribution in [0, 0.1) is 6.92 Å². The number of aryl methyl sites for hydroxylation is 1. The summed E-state index contributed by atoms with van der Waals surface area (Å²) in [6.07, 6.45) is 0.706. The molecule has 0 saturated heterocycles. The first-order valence-corrected chi connectivity index (χ1v) is 9.36. The number of benzene rings is 2. The fourth-order valence-corrected chi connectivity index (χ4v) is 3.21. The molecule has 1 aliphatic rings. The van der Waals surface area contributed by atoms with Crippen LogP contribution in [0.15, 0.2) is 42.5 Å². The highest BCUT2D eigenvalue weighted by molar-refractivity contribution is 6.21. The third-order valence-electron chi connectivity index (χ3n) is 4.85. The minimum Gasteiger partial charge on any atom is -0.378 e. The quantitative estimate of drug-likeness (QED) is 0.751. The summed E-state index contributed by atoms with van der Waals surface area (Å²) in [5, 5.41) is 2.88. The lowest BCUT2D eigenvalue weighted by Crippen LogP contribution is -2.32. The fourth-order valence-electron chi connectivity index (χ4n) is 3.21. The van der Waals surface area contributed by atoms with E-state index in [-0.39, 0.29) is 30.7 Å². The molecule has 0 radical (unpaired) electrons. The van der Waals surface area contributed by atoms with Crippen molar-refractivity contribution >= 4 is 23.4 Å². The van der Waals surface area contributed by atoms with Crippen LogP contribution >= 0.6 is 0 Å². The number of imide groups is 1. The molecule has 146 valence electrons. The van der Waals surface area contributed by atoms with Gasteiger partial charge in [-0.05, 0) is 43.2 Å². The normalized spacial score (nSPS) is 12.9. The van der Waals surface area contributed by atoms with Gasteiger partial charge in [0.1, 0.15) is 0 Å². The zero-order valence-electron chi connectivity index (χ0n) is 16.5. The van der Waals surface area contributed by atoms with Gasteiger partial charge in [-0.25, -0.2) is 0 Å². The van der Waals surface area contributed by atoms with E-state index >= 15 is 0 Å². The summed E-state index contributed by atoms with van der Waals surface area (Å²) in [5.74, 6) is -0.643. The summed E-state index contributed by atoms with van der Waals surface area (Å²) in [4.78, 5) is 40.1. The van der Waals surface area contributed by atoms with Crippen LogP contribution in [-0.2, 0) is 11.3 Å². The molecule has 0 atom stereocenters. The van der Waals surface area contributed by atoms with Crippen molar-refractivity contribution in [3.8, 4) is 0 Å². The number of hydrogen-bond donors (Lipinski definition) is 1. The molecule has 0 unspecified atom stereocenters. The van der Waals surface area contributed by atoms with E-state index in [1.54, 1.807) is 12.1 Å². The second-order valence-corrected chi connectivity index (χ2v) is 7.25. The van der Waals surface area contributed by atoms with Crippen molar-refractivity contribution in [2.24, 2.45) is 0 Å². The van der Waals surface area contributed by atoms with E-state index in [1.165, 1.54) is 4.90 Å². The van der Waals surface area contributed by atoms with Gasteiger partial charge in [0.05, 0.1) is 11.1 Å². The second kappa shape index (κ2) is 8.25. The first-order chi connectivity index (χ1) is 13.4. The number of amides is 3. The highest BCUT2D eigenvalue weighted by atomic mass is 16.2. The molecule has 3 amide bonds. The Morgan fingerprint density at radius 1 is 1.00 bits per heavy atom. The Balaban J connectivity index is 1.45. The summed E-state index contributed by atoms with van der Waals surface area (Å²) in [7, 11) is 3.96. The molecule has 2 aromatic carbocycles. The number of fused-ring (bicyclic) bond motifs is 1. The van der Waals surface area contributed by atoms with Gasteiger partial charge in [-0.15, -0.1) is 0 Å². The Bertz CT molecular complexity index is 904. The molecule has 2 aromatic rings. The molecule has 0 bridgehead atoms. The molecular weight excluding hydrogens is 354 g/mol. The van der Waals surface area contributed by atoms with Gasteiger partial charge in [-0.3, -0.25) is 19.3 Å². The Morgan fingerprint density at radius 2 is 1.68 bits per heavy atom. The van der Waals surface area contributed by atoms with Crippen LogP contribution in [0.5, 0.6) is 0 Å².